The van der Waals surface area contributed by atoms with Gasteiger partial charge in [0.2, 0.25) is 0 Å². The third-order valence-corrected chi connectivity index (χ3v) is 6.85. The van der Waals surface area contributed by atoms with Gasteiger partial charge in [0.25, 0.3) is 0 Å². The van der Waals surface area contributed by atoms with Crippen molar-refractivity contribution >= 4 is 11.6 Å². The van der Waals surface area contributed by atoms with Crippen LogP contribution in [-0.2, 0) is 15.9 Å². The van der Waals surface area contributed by atoms with E-state index in [-0.39, 0.29) is 5.60 Å². The van der Waals surface area contributed by atoms with E-state index in [0.29, 0.717) is 5.92 Å². The Bertz CT molecular complexity index is 590. The lowest BCUT2D eigenvalue weighted by Gasteiger charge is -2.39. The molecule has 0 spiro atoms. The summed E-state index contributed by atoms with van der Waals surface area (Å²) in [7, 11) is 0. The van der Waals surface area contributed by atoms with Crippen LogP contribution < -0.4 is 10.2 Å². The van der Waals surface area contributed by atoms with E-state index in [1.165, 1.54) is 51.1 Å². The molecule has 5 heteroatoms. The molecule has 1 aromatic carbocycles. The number of nitrogens with one attached hydrogen (secondary N) is 1. The zero-order valence-electron chi connectivity index (χ0n) is 17.7. The minimum absolute atomic E-state index is 0.00502. The van der Waals surface area contributed by atoms with E-state index in [0.717, 1.165) is 43.6 Å². The molecule has 0 aromatic heterocycles. The van der Waals surface area contributed by atoms with Gasteiger partial charge in [-0.2, -0.15) is 0 Å². The summed E-state index contributed by atoms with van der Waals surface area (Å²) < 4.78 is 11.4. The van der Waals surface area contributed by atoms with E-state index in [2.05, 4.69) is 31.3 Å². The summed E-state index contributed by atoms with van der Waals surface area (Å²) >= 11 is 6.49. The molecule has 2 aliphatic heterocycles. The topological polar surface area (TPSA) is 39.5 Å². The maximum absolute atomic E-state index is 6.49. The number of hydrogen-bond donors (Lipinski definition) is 2. The quantitative estimate of drug-likeness (QED) is 0.606. The van der Waals surface area contributed by atoms with Crippen LogP contribution in [0.15, 0.2) is 24.3 Å². The zero-order chi connectivity index (χ0) is 19.8. The summed E-state index contributed by atoms with van der Waals surface area (Å²) in [5.41, 5.74) is 1.31. The van der Waals surface area contributed by atoms with Gasteiger partial charge in [0.1, 0.15) is 26.2 Å². The first-order valence-electron chi connectivity index (χ1n) is 11.1. The Kier molecular flexibility index (Phi) is 8.61. The number of halogens is 1. The SMILES string of the molecule is CC1(C)C[C@@H]([C@H](CC[NH2+]CC[NH+]2CCOCC2)Cc2ccccc2Cl)CCO1. The Morgan fingerprint density at radius 1 is 1.18 bits per heavy atom. The van der Waals surface area contributed by atoms with Gasteiger partial charge in [-0.1, -0.05) is 29.8 Å². The second-order valence-electron chi connectivity index (χ2n) is 9.18. The van der Waals surface area contributed by atoms with Crippen LogP contribution >= 0.6 is 11.6 Å². The van der Waals surface area contributed by atoms with Gasteiger partial charge in [-0.25, -0.2) is 0 Å². The van der Waals surface area contributed by atoms with Crippen molar-refractivity contribution in [3.05, 3.63) is 34.9 Å². The summed E-state index contributed by atoms with van der Waals surface area (Å²) in [6.45, 7) is 13.2. The van der Waals surface area contributed by atoms with Gasteiger partial charge in [-0.05, 0) is 63.0 Å². The number of morpholine rings is 1. The molecular formula is C23H39ClN2O2+2. The molecular weight excluding hydrogens is 372 g/mol. The Labute approximate surface area is 175 Å². The molecule has 2 aliphatic rings. The van der Waals surface area contributed by atoms with Crippen LogP contribution in [0.25, 0.3) is 0 Å². The molecule has 2 fully saturated rings. The van der Waals surface area contributed by atoms with Gasteiger partial charge in [-0.3, -0.25) is 0 Å². The fraction of sp³-hybridized carbons (Fsp3) is 0.739. The molecule has 0 bridgehead atoms. The predicted molar refractivity (Wildman–Crippen MR) is 114 cm³/mol. The van der Waals surface area contributed by atoms with Crippen molar-refractivity contribution < 1.29 is 19.7 Å². The van der Waals surface area contributed by atoms with Crippen molar-refractivity contribution in [1.82, 2.24) is 0 Å². The van der Waals surface area contributed by atoms with Crippen molar-refractivity contribution in [3.8, 4) is 0 Å². The van der Waals surface area contributed by atoms with Crippen LogP contribution in [0.2, 0.25) is 5.02 Å². The molecule has 0 unspecified atom stereocenters. The molecule has 1 aromatic rings. The van der Waals surface area contributed by atoms with Crippen LogP contribution in [0.5, 0.6) is 0 Å². The minimum atomic E-state index is 0.00502. The summed E-state index contributed by atoms with van der Waals surface area (Å²) in [5.74, 6) is 1.40. The molecule has 158 valence electrons. The Balaban J connectivity index is 1.51. The summed E-state index contributed by atoms with van der Waals surface area (Å²) in [5, 5.41) is 3.44. The molecule has 0 saturated carbocycles. The first kappa shape index (κ1) is 22.0. The maximum Gasteiger partial charge on any atom is 0.127 e. The third kappa shape index (κ3) is 7.00. The van der Waals surface area contributed by atoms with Crippen LogP contribution in [0.4, 0.5) is 0 Å². The van der Waals surface area contributed by atoms with Crippen LogP contribution in [0.3, 0.4) is 0 Å². The van der Waals surface area contributed by atoms with E-state index < -0.39 is 0 Å². The second kappa shape index (κ2) is 10.9. The van der Waals surface area contributed by atoms with Gasteiger partial charge in [-0.15, -0.1) is 0 Å². The highest BCUT2D eigenvalue weighted by Gasteiger charge is 2.33. The Morgan fingerprint density at radius 2 is 1.96 bits per heavy atom. The number of ether oxygens (including phenoxy) is 2. The second-order valence-corrected chi connectivity index (χ2v) is 9.59. The highest BCUT2D eigenvalue weighted by molar-refractivity contribution is 6.31. The number of nitrogens with two attached hydrogens (primary N) is 1. The molecule has 2 saturated heterocycles. The first-order chi connectivity index (χ1) is 13.5. The maximum atomic E-state index is 6.49. The average Bonchev–Trinajstić information content (AvgIpc) is 2.68. The zero-order valence-corrected chi connectivity index (χ0v) is 18.5. The van der Waals surface area contributed by atoms with Gasteiger partial charge < -0.3 is 19.7 Å². The Morgan fingerprint density at radius 3 is 2.71 bits per heavy atom. The predicted octanol–water partition coefficient (Wildman–Crippen LogP) is 1.57. The Hall–Kier alpha value is -0.650. The molecule has 3 N–H and O–H groups in total. The summed E-state index contributed by atoms with van der Waals surface area (Å²) in [6, 6.07) is 8.37. The largest absolute Gasteiger partial charge is 0.376 e. The van der Waals surface area contributed by atoms with Gasteiger partial charge >= 0.3 is 0 Å². The third-order valence-electron chi connectivity index (χ3n) is 6.49. The van der Waals surface area contributed by atoms with Crippen molar-refractivity contribution in [2.75, 3.05) is 52.5 Å². The monoisotopic (exact) mass is 410 g/mol. The number of rotatable bonds is 9. The van der Waals surface area contributed by atoms with Crippen molar-refractivity contribution in [1.29, 1.82) is 0 Å². The molecule has 3 rings (SSSR count). The van der Waals surface area contributed by atoms with E-state index in [4.69, 9.17) is 21.1 Å². The fourth-order valence-corrected chi connectivity index (χ4v) is 5.04. The number of benzene rings is 1. The van der Waals surface area contributed by atoms with E-state index >= 15 is 0 Å². The van der Waals surface area contributed by atoms with Crippen LogP contribution in [0, 0.1) is 11.8 Å². The smallest absolute Gasteiger partial charge is 0.127 e. The molecule has 2 atom stereocenters. The van der Waals surface area contributed by atoms with Crippen molar-refractivity contribution in [2.45, 2.75) is 45.1 Å². The minimum Gasteiger partial charge on any atom is -0.376 e. The number of quaternary nitrogens is 2. The molecule has 0 aliphatic carbocycles. The van der Waals surface area contributed by atoms with Crippen molar-refractivity contribution in [3.63, 3.8) is 0 Å². The highest BCUT2D eigenvalue weighted by atomic mass is 35.5. The number of hydrogen-bond acceptors (Lipinski definition) is 2. The lowest BCUT2D eigenvalue weighted by molar-refractivity contribution is -0.919. The molecule has 0 amide bonds. The lowest BCUT2D eigenvalue weighted by Crippen LogP contribution is -3.16. The fourth-order valence-electron chi connectivity index (χ4n) is 4.82. The summed E-state index contributed by atoms with van der Waals surface area (Å²) in [4.78, 5) is 1.70. The molecule has 2 heterocycles. The summed E-state index contributed by atoms with van der Waals surface area (Å²) in [6.07, 6.45) is 4.67. The van der Waals surface area contributed by atoms with E-state index in [1.54, 1.807) is 4.90 Å². The van der Waals surface area contributed by atoms with E-state index in [9.17, 15) is 0 Å². The highest BCUT2D eigenvalue weighted by Crippen LogP contribution is 2.36. The van der Waals surface area contributed by atoms with Gasteiger partial charge in [0.05, 0.1) is 25.4 Å². The van der Waals surface area contributed by atoms with Gasteiger partial charge in [0, 0.05) is 11.6 Å². The van der Waals surface area contributed by atoms with Crippen molar-refractivity contribution in [2.24, 2.45) is 11.8 Å². The normalized spacial score (nSPS) is 24.2. The molecule has 28 heavy (non-hydrogen) atoms. The molecule has 0 radical (unpaired) electrons. The van der Waals surface area contributed by atoms with Crippen LogP contribution in [0.1, 0.15) is 38.7 Å². The molecule has 4 nitrogen and oxygen atoms in total. The lowest BCUT2D eigenvalue weighted by atomic mass is 9.75. The average molecular weight is 411 g/mol. The van der Waals surface area contributed by atoms with Crippen LogP contribution in [-0.4, -0.2) is 58.1 Å². The van der Waals surface area contributed by atoms with E-state index in [1.807, 2.05) is 12.1 Å². The first-order valence-corrected chi connectivity index (χ1v) is 11.5. The standard InChI is InChI=1S/C23H37ClN2O2/c1-23(2)18-21(8-14-28-23)19(17-20-5-3-4-6-22(20)24)7-9-25-10-11-26-12-15-27-16-13-26/h3-6,19,21,25H,7-18H2,1-2H3/p+2/t19-,21+/m1/s1. The van der Waals surface area contributed by atoms with Gasteiger partial charge in [0.15, 0.2) is 0 Å².